The first kappa shape index (κ1) is 43.5. The number of rotatable bonds is 19. The molecule has 2 aromatic carbocycles. The van der Waals surface area contributed by atoms with Gasteiger partial charge in [0.1, 0.15) is 6.54 Å². The molecule has 300 valence electrons. The number of fused-ring (bicyclic) bond motifs is 2. The Morgan fingerprint density at radius 1 is 0.782 bits per heavy atom. The summed E-state index contributed by atoms with van der Waals surface area (Å²) in [5.41, 5.74) is 2.84. The monoisotopic (exact) mass is 823 g/mol. The molecule has 5 N–H and O–H groups in total. The molecular weight excluding hydrogens is 777 g/mol. The van der Waals surface area contributed by atoms with Gasteiger partial charge in [0, 0.05) is 47.5 Å². The van der Waals surface area contributed by atoms with Crippen molar-refractivity contribution < 1.29 is 63.3 Å². The molecule has 15 nitrogen and oxygen atoms in total. The molecule has 4 rings (SSSR count). The SMILES string of the molecule is CC[N+]1=C(/C=C/C=C/C=C2/N(CCCS(=O)(=O)O)c3ccc(CC(=O)O)cc3C2(C)CCCC(=O)O)C(C)(CCCS(=O)(=O)O)c2cc(S(=O)(=O)O)ccc21. The van der Waals surface area contributed by atoms with Crippen molar-refractivity contribution in [2.45, 2.75) is 81.4 Å². The standard InChI is InChI=1S/C37H46N2O13S3/c1-4-38-30-17-15-27(55(50,51)52)25-29(30)37(3,19-9-21-53(44,45)46)32(38)11-6-5-7-12-33-36(2,18-8-13-34(40)41)28-23-26(24-35(42)43)14-16-31(28)39(33)20-10-22-54(47,48)49/h5-7,11-12,14-17,23,25H,4,8-10,13,18-22,24H2,1-3H3,(H4-,40,41,42,43,44,45,46,47,48,49,50,51,52)/p+1. The lowest BCUT2D eigenvalue weighted by molar-refractivity contribution is -0.433. The van der Waals surface area contributed by atoms with Crippen molar-refractivity contribution in [3.63, 3.8) is 0 Å². The van der Waals surface area contributed by atoms with Crippen LogP contribution in [0.5, 0.6) is 0 Å². The Kier molecular flexibility index (Phi) is 13.4. The summed E-state index contributed by atoms with van der Waals surface area (Å²) in [4.78, 5) is 24.6. The molecule has 2 aliphatic rings. The van der Waals surface area contributed by atoms with Crippen molar-refractivity contribution in [2.24, 2.45) is 0 Å². The van der Waals surface area contributed by atoms with Crippen LogP contribution in [-0.4, -0.2) is 95.9 Å². The van der Waals surface area contributed by atoms with E-state index in [0.29, 0.717) is 46.9 Å². The Morgan fingerprint density at radius 3 is 2.04 bits per heavy atom. The highest BCUT2D eigenvalue weighted by molar-refractivity contribution is 7.86. The molecular formula is C37H47N2O13S3+. The summed E-state index contributed by atoms with van der Waals surface area (Å²) < 4.78 is 101. The highest BCUT2D eigenvalue weighted by Crippen LogP contribution is 2.51. The van der Waals surface area contributed by atoms with Gasteiger partial charge in [-0.3, -0.25) is 23.2 Å². The normalized spacial score (nSPS) is 20.9. The van der Waals surface area contributed by atoms with E-state index in [4.69, 9.17) is 0 Å². The van der Waals surface area contributed by atoms with Crippen LogP contribution in [0.1, 0.15) is 76.0 Å². The third kappa shape index (κ3) is 10.6. The van der Waals surface area contributed by atoms with E-state index in [1.807, 2.05) is 36.3 Å². The van der Waals surface area contributed by atoms with Crippen LogP contribution in [0.4, 0.5) is 11.4 Å². The molecule has 0 saturated heterocycles. The van der Waals surface area contributed by atoms with Crippen LogP contribution in [0.25, 0.3) is 0 Å². The van der Waals surface area contributed by atoms with Crippen molar-refractivity contribution in [3.05, 3.63) is 89.2 Å². The second-order valence-electron chi connectivity index (χ2n) is 14.1. The van der Waals surface area contributed by atoms with E-state index in [-0.39, 0.29) is 50.0 Å². The van der Waals surface area contributed by atoms with E-state index in [1.54, 1.807) is 48.6 Å². The fourth-order valence-electron chi connectivity index (χ4n) is 7.65. The van der Waals surface area contributed by atoms with Crippen molar-refractivity contribution in [1.29, 1.82) is 0 Å². The summed E-state index contributed by atoms with van der Waals surface area (Å²) in [5, 5.41) is 18.9. The number of carboxylic acid groups (broad SMARTS) is 2. The summed E-state index contributed by atoms with van der Waals surface area (Å²) in [6.07, 6.45) is 9.42. The van der Waals surface area contributed by atoms with E-state index >= 15 is 0 Å². The largest absolute Gasteiger partial charge is 0.481 e. The van der Waals surface area contributed by atoms with Crippen LogP contribution in [0.15, 0.2) is 77.4 Å². The summed E-state index contributed by atoms with van der Waals surface area (Å²) in [6, 6.07) is 9.42. The number of carbonyl (C=O) groups is 2. The Balaban J connectivity index is 1.78. The molecule has 0 fully saturated rings. The summed E-state index contributed by atoms with van der Waals surface area (Å²) in [6.45, 7) is 6.26. The fourth-order valence-corrected chi connectivity index (χ4v) is 9.16. The van der Waals surface area contributed by atoms with E-state index in [0.717, 1.165) is 5.56 Å². The van der Waals surface area contributed by atoms with Crippen LogP contribution in [0.2, 0.25) is 0 Å². The average Bonchev–Trinajstić information content (AvgIpc) is 3.42. The second kappa shape index (κ2) is 16.9. The van der Waals surface area contributed by atoms with Gasteiger partial charge in [-0.15, -0.1) is 0 Å². The zero-order valence-electron chi connectivity index (χ0n) is 30.8. The lowest BCUT2D eigenvalue weighted by atomic mass is 9.75. The number of aliphatic carboxylic acids is 2. The van der Waals surface area contributed by atoms with E-state index < -0.39 is 64.6 Å². The Labute approximate surface area is 321 Å². The van der Waals surface area contributed by atoms with Gasteiger partial charge in [-0.2, -0.15) is 29.8 Å². The van der Waals surface area contributed by atoms with Gasteiger partial charge in [0.2, 0.25) is 5.69 Å². The Hall–Kier alpha value is -4.20. The molecule has 0 radical (unpaired) electrons. The van der Waals surface area contributed by atoms with E-state index in [9.17, 15) is 58.7 Å². The van der Waals surface area contributed by atoms with Gasteiger partial charge in [-0.1, -0.05) is 30.4 Å². The van der Waals surface area contributed by atoms with Crippen molar-refractivity contribution in [2.75, 3.05) is 29.5 Å². The minimum absolute atomic E-state index is 0.0460. The Bertz CT molecular complexity index is 2300. The van der Waals surface area contributed by atoms with E-state index in [2.05, 4.69) is 0 Å². The molecule has 0 saturated carbocycles. The first-order valence-corrected chi connectivity index (χ1v) is 22.2. The molecule has 55 heavy (non-hydrogen) atoms. The third-order valence-corrected chi connectivity index (χ3v) is 12.6. The lowest BCUT2D eigenvalue weighted by Gasteiger charge is -2.30. The first-order chi connectivity index (χ1) is 25.5. The lowest BCUT2D eigenvalue weighted by Crippen LogP contribution is -2.32. The summed E-state index contributed by atoms with van der Waals surface area (Å²) >= 11 is 0. The van der Waals surface area contributed by atoms with Crippen LogP contribution >= 0.6 is 0 Å². The fraction of sp³-hybridized carbons (Fsp3) is 0.432. The molecule has 0 amide bonds. The average molecular weight is 824 g/mol. The van der Waals surface area contributed by atoms with Crippen molar-refractivity contribution >= 4 is 59.4 Å². The molecule has 2 aromatic rings. The highest BCUT2D eigenvalue weighted by Gasteiger charge is 2.48. The zero-order chi connectivity index (χ0) is 41.0. The predicted octanol–water partition coefficient (Wildman–Crippen LogP) is 4.91. The van der Waals surface area contributed by atoms with Gasteiger partial charge in [0.25, 0.3) is 30.4 Å². The van der Waals surface area contributed by atoms with Gasteiger partial charge >= 0.3 is 11.9 Å². The number of benzene rings is 2. The van der Waals surface area contributed by atoms with Crippen LogP contribution in [0, 0.1) is 0 Å². The van der Waals surface area contributed by atoms with Gasteiger partial charge < -0.3 is 15.1 Å². The van der Waals surface area contributed by atoms with Gasteiger partial charge in [0.05, 0.1) is 28.2 Å². The molecule has 0 bridgehead atoms. The molecule has 2 aliphatic heterocycles. The zero-order valence-corrected chi connectivity index (χ0v) is 33.2. The summed E-state index contributed by atoms with van der Waals surface area (Å²) in [5.74, 6) is -3.02. The molecule has 0 spiro atoms. The smallest absolute Gasteiger partial charge is 0.307 e. The molecule has 0 aliphatic carbocycles. The molecule has 2 unspecified atom stereocenters. The minimum Gasteiger partial charge on any atom is -0.481 e. The maximum atomic E-state index is 12.1. The van der Waals surface area contributed by atoms with Gasteiger partial charge in [0.15, 0.2) is 5.71 Å². The molecule has 18 heteroatoms. The van der Waals surface area contributed by atoms with Crippen LogP contribution in [-0.2, 0) is 57.2 Å². The molecule has 2 atom stereocenters. The van der Waals surface area contributed by atoms with Gasteiger partial charge in [-0.25, -0.2) is 0 Å². The number of hydrogen-bond donors (Lipinski definition) is 5. The van der Waals surface area contributed by atoms with Crippen molar-refractivity contribution in [1.82, 2.24) is 0 Å². The Morgan fingerprint density at radius 2 is 1.44 bits per heavy atom. The molecule has 0 aromatic heterocycles. The number of anilines is 1. The quantitative estimate of drug-likeness (QED) is 0.0718. The number of allylic oxidation sites excluding steroid dienone is 6. The minimum atomic E-state index is -4.56. The predicted molar refractivity (Wildman–Crippen MR) is 206 cm³/mol. The van der Waals surface area contributed by atoms with Crippen LogP contribution in [0.3, 0.4) is 0 Å². The highest BCUT2D eigenvalue weighted by atomic mass is 32.2. The topological polar surface area (TPSA) is 244 Å². The van der Waals surface area contributed by atoms with Gasteiger partial charge in [-0.05, 0) is 88.3 Å². The van der Waals surface area contributed by atoms with E-state index in [1.165, 1.54) is 12.1 Å². The number of nitrogens with zero attached hydrogens (tertiary/aromatic N) is 2. The number of carboxylic acids is 2. The maximum absolute atomic E-state index is 12.1. The maximum Gasteiger partial charge on any atom is 0.307 e. The first-order valence-electron chi connectivity index (χ1n) is 17.6. The number of hydrogen-bond acceptors (Lipinski definition) is 9. The third-order valence-electron chi connectivity index (χ3n) is 10.1. The summed E-state index contributed by atoms with van der Waals surface area (Å²) in [7, 11) is -13.1. The van der Waals surface area contributed by atoms with Crippen LogP contribution < -0.4 is 4.90 Å². The van der Waals surface area contributed by atoms with Crippen molar-refractivity contribution in [3.8, 4) is 0 Å². The molecule has 2 heterocycles. The second-order valence-corrected chi connectivity index (χ2v) is 18.7.